The van der Waals surface area contributed by atoms with Crippen LogP contribution in [0.1, 0.15) is 23.7 Å². The van der Waals surface area contributed by atoms with Gasteiger partial charge in [0.25, 0.3) is 0 Å². The zero-order chi connectivity index (χ0) is 22.0. The molecule has 0 fully saturated rings. The van der Waals surface area contributed by atoms with Gasteiger partial charge in [0.2, 0.25) is 5.91 Å². The van der Waals surface area contributed by atoms with Crippen molar-refractivity contribution in [1.29, 1.82) is 0 Å². The van der Waals surface area contributed by atoms with Gasteiger partial charge >= 0.3 is 0 Å². The van der Waals surface area contributed by atoms with Gasteiger partial charge in [0.1, 0.15) is 0 Å². The van der Waals surface area contributed by atoms with Crippen molar-refractivity contribution in [2.24, 2.45) is 0 Å². The van der Waals surface area contributed by atoms with Crippen molar-refractivity contribution in [3.8, 4) is 11.3 Å². The fraction of sp³-hybridized carbons (Fsp3) is 0.174. The number of carbonyl (C=O) groups is 1. The van der Waals surface area contributed by atoms with E-state index in [0.29, 0.717) is 16.0 Å². The van der Waals surface area contributed by atoms with E-state index in [1.807, 2.05) is 67.0 Å². The van der Waals surface area contributed by atoms with E-state index in [0.717, 1.165) is 28.2 Å². The van der Waals surface area contributed by atoms with E-state index in [9.17, 15) is 4.79 Å². The van der Waals surface area contributed by atoms with Gasteiger partial charge in [0, 0.05) is 23.6 Å². The number of benzene rings is 2. The minimum absolute atomic E-state index is 0.0678. The number of nitrogen functional groups attached to an aromatic ring is 1. The Kier molecular flexibility index (Phi) is 6.11. The van der Waals surface area contributed by atoms with Crippen LogP contribution in [0.25, 0.3) is 11.3 Å². The minimum Gasteiger partial charge on any atom is -0.337 e. The van der Waals surface area contributed by atoms with E-state index in [-0.39, 0.29) is 5.91 Å². The molecule has 2 N–H and O–H groups in total. The van der Waals surface area contributed by atoms with Gasteiger partial charge in [-0.1, -0.05) is 48.2 Å². The lowest BCUT2D eigenvalue weighted by Crippen LogP contribution is -2.22. The van der Waals surface area contributed by atoms with Crippen molar-refractivity contribution in [2.75, 3.05) is 10.7 Å². The number of thiazole rings is 1. The lowest BCUT2D eigenvalue weighted by molar-refractivity contribution is -0.115. The molecule has 0 saturated heterocycles. The van der Waals surface area contributed by atoms with E-state index in [2.05, 4.69) is 11.9 Å². The highest BCUT2D eigenvalue weighted by Gasteiger charge is 2.19. The van der Waals surface area contributed by atoms with Crippen LogP contribution in [-0.2, 0) is 10.5 Å². The second-order valence-electron chi connectivity index (χ2n) is 7.22. The van der Waals surface area contributed by atoms with E-state index in [1.165, 1.54) is 33.3 Å². The molecule has 1 amide bonds. The molecule has 158 valence electrons. The van der Waals surface area contributed by atoms with Crippen LogP contribution in [0.3, 0.4) is 0 Å². The van der Waals surface area contributed by atoms with Gasteiger partial charge in [0.05, 0.1) is 23.3 Å². The maximum absolute atomic E-state index is 12.4. The molecule has 6 nitrogen and oxygen atoms in total. The summed E-state index contributed by atoms with van der Waals surface area (Å²) in [6.45, 7) is 5.65. The highest BCUT2D eigenvalue weighted by molar-refractivity contribution is 7.98. The van der Waals surface area contributed by atoms with Crippen molar-refractivity contribution < 1.29 is 4.79 Å². The smallest absolute Gasteiger partial charge is 0.230 e. The molecule has 4 aromatic rings. The number of imidazole rings is 1. The Hall–Kier alpha value is -3.10. The molecule has 4 rings (SSSR count). The number of hydrogen-bond acceptors (Lipinski definition) is 6. The summed E-state index contributed by atoms with van der Waals surface area (Å²) in [5, 5.41) is 3.35. The maximum atomic E-state index is 12.4. The van der Waals surface area contributed by atoms with Crippen molar-refractivity contribution in [2.45, 2.75) is 31.7 Å². The summed E-state index contributed by atoms with van der Waals surface area (Å²) in [5.41, 5.74) is 5.89. The Morgan fingerprint density at radius 2 is 1.90 bits per heavy atom. The third kappa shape index (κ3) is 4.65. The van der Waals surface area contributed by atoms with Crippen LogP contribution in [0.4, 0.5) is 10.8 Å². The summed E-state index contributed by atoms with van der Waals surface area (Å²) in [6.07, 6.45) is 1.82. The van der Waals surface area contributed by atoms with Gasteiger partial charge < -0.3 is 5.84 Å². The summed E-state index contributed by atoms with van der Waals surface area (Å²) >= 11 is 2.97. The standard InChI is InChI=1S/C23H23N5OS2/c1-15-9-10-20(11-16(15)2)28(17(3)29)23-25-19(14-31-23)13-30-22-26-21(12-27(22)24)18-7-5-4-6-8-18/h4-12,14H,13,24H2,1-3H3. The van der Waals surface area contributed by atoms with Crippen LogP contribution in [0.15, 0.2) is 65.3 Å². The molecule has 2 aromatic carbocycles. The summed E-state index contributed by atoms with van der Waals surface area (Å²) in [6, 6.07) is 15.9. The lowest BCUT2D eigenvalue weighted by atomic mass is 10.1. The quantitative estimate of drug-likeness (QED) is 0.319. The maximum Gasteiger partial charge on any atom is 0.230 e. The third-order valence-electron chi connectivity index (χ3n) is 4.91. The van der Waals surface area contributed by atoms with E-state index < -0.39 is 0 Å². The fourth-order valence-corrected chi connectivity index (χ4v) is 4.91. The Morgan fingerprint density at radius 3 is 2.61 bits per heavy atom. The SMILES string of the molecule is CC(=O)N(c1ccc(C)c(C)c1)c1nc(CSc2nc(-c3ccccc3)cn2N)cs1. The largest absolute Gasteiger partial charge is 0.337 e. The molecular weight excluding hydrogens is 426 g/mol. The van der Waals surface area contributed by atoms with E-state index in [1.54, 1.807) is 11.8 Å². The number of aryl methyl sites for hydroxylation is 2. The predicted molar refractivity (Wildman–Crippen MR) is 128 cm³/mol. The number of aromatic nitrogens is 3. The van der Waals surface area contributed by atoms with Gasteiger partial charge in [-0.2, -0.15) is 0 Å². The Labute approximate surface area is 189 Å². The summed E-state index contributed by atoms with van der Waals surface area (Å²) < 4.78 is 1.54. The topological polar surface area (TPSA) is 77.0 Å². The Morgan fingerprint density at radius 1 is 1.13 bits per heavy atom. The number of hydrogen-bond donors (Lipinski definition) is 1. The molecule has 2 heterocycles. The van der Waals surface area contributed by atoms with Crippen LogP contribution in [0.2, 0.25) is 0 Å². The first-order valence-corrected chi connectivity index (χ1v) is 11.6. The van der Waals surface area contributed by atoms with Gasteiger partial charge in [-0.15, -0.1) is 11.3 Å². The fourth-order valence-electron chi connectivity index (χ4n) is 3.13. The van der Waals surface area contributed by atoms with Crippen LogP contribution in [0.5, 0.6) is 0 Å². The highest BCUT2D eigenvalue weighted by Crippen LogP contribution is 2.32. The van der Waals surface area contributed by atoms with Gasteiger partial charge in [-0.05, 0) is 37.1 Å². The van der Waals surface area contributed by atoms with Crippen LogP contribution < -0.4 is 10.7 Å². The first-order chi connectivity index (χ1) is 14.9. The monoisotopic (exact) mass is 449 g/mol. The van der Waals surface area contributed by atoms with Crippen LogP contribution >= 0.6 is 23.1 Å². The zero-order valence-corrected chi connectivity index (χ0v) is 19.2. The summed E-state index contributed by atoms with van der Waals surface area (Å²) in [7, 11) is 0. The highest BCUT2D eigenvalue weighted by atomic mass is 32.2. The molecule has 8 heteroatoms. The third-order valence-corrected chi connectivity index (χ3v) is 6.79. The number of nitrogens with zero attached hydrogens (tertiary/aromatic N) is 4. The van der Waals surface area contributed by atoms with Crippen molar-refractivity contribution in [3.63, 3.8) is 0 Å². The van der Waals surface area contributed by atoms with Crippen molar-refractivity contribution in [1.82, 2.24) is 14.6 Å². The zero-order valence-electron chi connectivity index (χ0n) is 17.6. The molecule has 0 spiro atoms. The van der Waals surface area contributed by atoms with Gasteiger partial charge in [-0.25, -0.2) is 14.6 Å². The average Bonchev–Trinajstić information content (AvgIpc) is 3.36. The molecular formula is C23H23N5OS2. The summed E-state index contributed by atoms with van der Waals surface area (Å²) in [5.74, 6) is 6.64. The first kappa shape index (κ1) is 21.1. The van der Waals surface area contributed by atoms with Crippen molar-refractivity contribution >= 4 is 39.8 Å². The van der Waals surface area contributed by atoms with Gasteiger partial charge in [-0.3, -0.25) is 9.69 Å². The van der Waals surface area contributed by atoms with Crippen LogP contribution in [0, 0.1) is 13.8 Å². The molecule has 0 radical (unpaired) electrons. The molecule has 0 unspecified atom stereocenters. The number of thioether (sulfide) groups is 1. The number of carbonyl (C=O) groups excluding carboxylic acids is 1. The Balaban J connectivity index is 1.50. The number of amides is 1. The van der Waals surface area contributed by atoms with E-state index >= 15 is 0 Å². The molecule has 0 aliphatic heterocycles. The van der Waals surface area contributed by atoms with Gasteiger partial charge in [0.15, 0.2) is 10.3 Å². The lowest BCUT2D eigenvalue weighted by Gasteiger charge is -2.19. The molecule has 0 bridgehead atoms. The number of rotatable bonds is 6. The predicted octanol–water partition coefficient (Wildman–Crippen LogP) is 5.31. The molecule has 0 saturated carbocycles. The van der Waals surface area contributed by atoms with E-state index in [4.69, 9.17) is 10.8 Å². The van der Waals surface area contributed by atoms with Crippen LogP contribution in [-0.4, -0.2) is 20.6 Å². The molecule has 2 aromatic heterocycles. The minimum atomic E-state index is -0.0678. The molecule has 0 aliphatic carbocycles. The number of nitrogens with two attached hydrogens (primary N) is 1. The second kappa shape index (κ2) is 8.95. The normalized spacial score (nSPS) is 10.9. The molecule has 0 aliphatic rings. The van der Waals surface area contributed by atoms with Crippen molar-refractivity contribution in [3.05, 3.63) is 76.9 Å². The summed E-state index contributed by atoms with van der Waals surface area (Å²) in [4.78, 5) is 23.4. The first-order valence-electron chi connectivity index (χ1n) is 9.77. The second-order valence-corrected chi connectivity index (χ2v) is 8.99. The average molecular weight is 450 g/mol. The molecule has 31 heavy (non-hydrogen) atoms. The Bertz CT molecular complexity index is 1220. The molecule has 0 atom stereocenters. The number of anilines is 2.